The molecule has 2 heterocycles. The normalized spacial score (nSPS) is 18.3. The minimum Gasteiger partial charge on any atom is -0.370 e. The summed E-state index contributed by atoms with van der Waals surface area (Å²) >= 11 is 6.13. The fraction of sp³-hybridized carbons (Fsp3) is 0.375. The zero-order chi connectivity index (χ0) is 22.3. The van der Waals surface area contributed by atoms with E-state index in [9.17, 15) is 9.59 Å². The molecule has 32 heavy (non-hydrogen) atoms. The number of fused-ring (bicyclic) bond motifs is 1. The number of ether oxygens (including phenoxy) is 1. The Bertz CT molecular complexity index is 1200. The second-order valence-electron chi connectivity index (χ2n) is 8.59. The molecule has 1 aliphatic heterocycles. The van der Waals surface area contributed by atoms with Crippen molar-refractivity contribution in [3.8, 4) is 0 Å². The largest absolute Gasteiger partial charge is 0.370 e. The van der Waals surface area contributed by atoms with Gasteiger partial charge in [0.15, 0.2) is 0 Å². The average Bonchev–Trinajstić information content (AvgIpc) is 3.42. The lowest BCUT2D eigenvalue weighted by molar-refractivity contribution is -0.125. The van der Waals surface area contributed by atoms with E-state index in [1.807, 2.05) is 37.3 Å². The van der Waals surface area contributed by atoms with Crippen LogP contribution >= 0.6 is 11.6 Å². The first kappa shape index (κ1) is 21.0. The number of hydrogen-bond donors (Lipinski definition) is 2. The fourth-order valence-corrected chi connectivity index (χ4v) is 4.99. The number of aromatic amines is 1. The molecule has 2 amide bonds. The van der Waals surface area contributed by atoms with E-state index in [0.29, 0.717) is 29.7 Å². The highest BCUT2D eigenvalue weighted by Gasteiger charge is 2.45. The Balaban J connectivity index is 1.42. The first-order chi connectivity index (χ1) is 15.5. The lowest BCUT2D eigenvalue weighted by Gasteiger charge is -2.29. The number of hydrogen-bond acceptors (Lipinski definition) is 4. The molecule has 2 fully saturated rings. The van der Waals surface area contributed by atoms with Crippen LogP contribution in [-0.2, 0) is 19.7 Å². The van der Waals surface area contributed by atoms with Crippen molar-refractivity contribution in [1.29, 1.82) is 0 Å². The maximum absolute atomic E-state index is 13.6. The molecule has 0 atom stereocenters. The number of aryl methyl sites for hydroxylation is 1. The number of amides is 2. The molecule has 0 spiro atoms. The zero-order valence-electron chi connectivity index (χ0n) is 17.9. The number of carbonyl (C=O) groups excluding carboxylic acids is 2. The van der Waals surface area contributed by atoms with Crippen molar-refractivity contribution in [3.63, 3.8) is 0 Å². The zero-order valence-corrected chi connectivity index (χ0v) is 18.7. The number of nitrogens with zero attached hydrogens (tertiary/aromatic N) is 2. The minimum atomic E-state index is -0.696. The van der Waals surface area contributed by atoms with Crippen LogP contribution in [0.5, 0.6) is 0 Å². The number of morpholine rings is 1. The molecule has 0 bridgehead atoms. The van der Waals surface area contributed by atoms with Crippen LogP contribution in [0.15, 0.2) is 36.4 Å². The SMILES string of the molecule is Cc1cc(NC(=O)C2(c3nc4ccc(Cl)cc4[nH]3)CCCC2)ccc1N1CCOCC1=O. The molecular weight excluding hydrogens is 428 g/mol. The Labute approximate surface area is 191 Å². The van der Waals surface area contributed by atoms with E-state index in [2.05, 4.69) is 10.3 Å². The Kier molecular flexibility index (Phi) is 5.39. The van der Waals surface area contributed by atoms with E-state index in [1.165, 1.54) is 0 Å². The highest BCUT2D eigenvalue weighted by molar-refractivity contribution is 6.31. The second-order valence-corrected chi connectivity index (χ2v) is 9.03. The third-order valence-corrected chi connectivity index (χ3v) is 6.76. The van der Waals surface area contributed by atoms with Crippen LogP contribution in [0.2, 0.25) is 5.02 Å². The van der Waals surface area contributed by atoms with Crippen LogP contribution in [0.1, 0.15) is 37.1 Å². The predicted octanol–water partition coefficient (Wildman–Crippen LogP) is 4.34. The smallest absolute Gasteiger partial charge is 0.253 e. The Morgan fingerprint density at radius 1 is 1.22 bits per heavy atom. The molecular formula is C24H25ClN4O3. The molecule has 3 aromatic rings. The summed E-state index contributed by atoms with van der Waals surface area (Å²) in [7, 11) is 0. The molecule has 8 heteroatoms. The monoisotopic (exact) mass is 452 g/mol. The van der Waals surface area contributed by atoms with Crippen molar-refractivity contribution < 1.29 is 14.3 Å². The van der Waals surface area contributed by atoms with Gasteiger partial charge >= 0.3 is 0 Å². The van der Waals surface area contributed by atoms with Crippen molar-refractivity contribution in [2.24, 2.45) is 0 Å². The molecule has 2 N–H and O–H groups in total. The third kappa shape index (κ3) is 3.65. The summed E-state index contributed by atoms with van der Waals surface area (Å²) in [6, 6.07) is 11.2. The van der Waals surface area contributed by atoms with Crippen molar-refractivity contribution in [2.75, 3.05) is 30.0 Å². The van der Waals surface area contributed by atoms with Gasteiger partial charge in [-0.15, -0.1) is 0 Å². The summed E-state index contributed by atoms with van der Waals surface area (Å²) in [5, 5.41) is 3.74. The predicted molar refractivity (Wildman–Crippen MR) is 124 cm³/mol. The molecule has 2 aliphatic rings. The molecule has 1 aliphatic carbocycles. The lowest BCUT2D eigenvalue weighted by Crippen LogP contribution is -2.42. The van der Waals surface area contributed by atoms with Gasteiger partial charge in [-0.05, 0) is 61.7 Å². The maximum Gasteiger partial charge on any atom is 0.253 e. The molecule has 1 saturated heterocycles. The van der Waals surface area contributed by atoms with Crippen LogP contribution in [0.3, 0.4) is 0 Å². The van der Waals surface area contributed by atoms with Gasteiger partial charge in [0.25, 0.3) is 5.91 Å². The summed E-state index contributed by atoms with van der Waals surface area (Å²) in [6.45, 7) is 3.10. The summed E-state index contributed by atoms with van der Waals surface area (Å²) in [6.07, 6.45) is 3.43. The number of H-pyrrole nitrogens is 1. The first-order valence-corrected chi connectivity index (χ1v) is 11.3. The molecule has 1 aromatic heterocycles. The quantitative estimate of drug-likeness (QED) is 0.616. The lowest BCUT2D eigenvalue weighted by atomic mass is 9.84. The Hall–Kier alpha value is -2.90. The molecule has 2 aromatic carbocycles. The van der Waals surface area contributed by atoms with Gasteiger partial charge in [-0.2, -0.15) is 0 Å². The fourth-order valence-electron chi connectivity index (χ4n) is 4.82. The van der Waals surface area contributed by atoms with E-state index in [4.69, 9.17) is 21.3 Å². The Morgan fingerprint density at radius 3 is 2.78 bits per heavy atom. The number of carbonyl (C=O) groups is 2. The van der Waals surface area contributed by atoms with Crippen molar-refractivity contribution in [2.45, 2.75) is 38.0 Å². The molecule has 5 rings (SSSR count). The van der Waals surface area contributed by atoms with Crippen molar-refractivity contribution in [3.05, 3.63) is 52.8 Å². The summed E-state index contributed by atoms with van der Waals surface area (Å²) < 4.78 is 5.22. The van der Waals surface area contributed by atoms with Crippen LogP contribution in [0.25, 0.3) is 11.0 Å². The topological polar surface area (TPSA) is 87.3 Å². The van der Waals surface area contributed by atoms with Gasteiger partial charge in [0.1, 0.15) is 17.8 Å². The van der Waals surface area contributed by atoms with Crippen molar-refractivity contribution in [1.82, 2.24) is 9.97 Å². The number of imidazole rings is 1. The number of nitrogens with one attached hydrogen (secondary N) is 2. The number of rotatable bonds is 4. The van der Waals surface area contributed by atoms with Crippen LogP contribution in [-0.4, -0.2) is 41.5 Å². The van der Waals surface area contributed by atoms with Gasteiger partial charge in [0.2, 0.25) is 5.91 Å². The summed E-state index contributed by atoms with van der Waals surface area (Å²) in [4.78, 5) is 35.6. The minimum absolute atomic E-state index is 0.0500. The molecule has 7 nitrogen and oxygen atoms in total. The molecule has 0 radical (unpaired) electrons. The van der Waals surface area contributed by atoms with Gasteiger partial charge in [-0.1, -0.05) is 24.4 Å². The first-order valence-electron chi connectivity index (χ1n) is 10.9. The van der Waals surface area contributed by atoms with Gasteiger partial charge in [-0.3, -0.25) is 9.59 Å². The summed E-state index contributed by atoms with van der Waals surface area (Å²) in [5.74, 6) is 0.581. The highest BCUT2D eigenvalue weighted by Crippen LogP contribution is 2.41. The van der Waals surface area contributed by atoms with E-state index < -0.39 is 5.41 Å². The molecule has 166 valence electrons. The maximum atomic E-state index is 13.6. The van der Waals surface area contributed by atoms with Gasteiger partial charge < -0.3 is 19.9 Å². The standard InChI is InChI=1S/C24H25ClN4O3/c1-15-12-17(5-7-20(15)29-10-11-32-14-21(29)30)26-23(31)24(8-2-3-9-24)22-27-18-6-4-16(25)13-19(18)28-22/h4-7,12-13H,2-3,8-11,14H2,1H3,(H,26,31)(H,27,28). The van der Waals surface area contributed by atoms with Crippen molar-refractivity contribution >= 4 is 45.8 Å². The van der Waals surface area contributed by atoms with Crippen LogP contribution in [0.4, 0.5) is 11.4 Å². The molecule has 0 unspecified atom stereocenters. The van der Waals surface area contributed by atoms with Crippen LogP contribution in [0, 0.1) is 6.92 Å². The number of anilines is 2. The Morgan fingerprint density at radius 2 is 2.03 bits per heavy atom. The van der Waals surface area contributed by atoms with E-state index in [0.717, 1.165) is 48.0 Å². The van der Waals surface area contributed by atoms with Gasteiger partial charge in [0.05, 0.1) is 17.6 Å². The van der Waals surface area contributed by atoms with E-state index in [1.54, 1.807) is 11.0 Å². The average molecular weight is 453 g/mol. The third-order valence-electron chi connectivity index (χ3n) is 6.52. The summed E-state index contributed by atoms with van der Waals surface area (Å²) in [5.41, 5.74) is 3.43. The number of benzene rings is 2. The molecule has 1 saturated carbocycles. The number of halogens is 1. The van der Waals surface area contributed by atoms with E-state index >= 15 is 0 Å². The van der Waals surface area contributed by atoms with Gasteiger partial charge in [0, 0.05) is 22.9 Å². The van der Waals surface area contributed by atoms with Crippen LogP contribution < -0.4 is 10.2 Å². The van der Waals surface area contributed by atoms with E-state index in [-0.39, 0.29) is 18.4 Å². The highest BCUT2D eigenvalue weighted by atomic mass is 35.5. The number of aromatic nitrogens is 2. The van der Waals surface area contributed by atoms with Gasteiger partial charge in [-0.25, -0.2) is 4.98 Å². The second kappa shape index (κ2) is 8.22.